The number of nitro benzene ring substituents is 1. The van der Waals surface area contributed by atoms with Crippen LogP contribution in [0, 0.1) is 10.1 Å². The number of rotatable bonds is 9. The van der Waals surface area contributed by atoms with Crippen LogP contribution in [0.15, 0.2) is 29.3 Å². The van der Waals surface area contributed by atoms with Crippen LogP contribution in [0.3, 0.4) is 0 Å². The minimum Gasteiger partial charge on any atom is -0.370 e. The first-order chi connectivity index (χ1) is 11.8. The number of nitrogens with one attached hydrogen (secondary N) is 2. The van der Waals surface area contributed by atoms with Crippen molar-refractivity contribution < 1.29 is 14.5 Å². The number of nitrogens with zero attached hydrogens (tertiary/aromatic N) is 2. The third kappa shape index (κ3) is 7.26. The van der Waals surface area contributed by atoms with Crippen molar-refractivity contribution in [3.8, 4) is 0 Å². The topological polar surface area (TPSA) is 192 Å². The lowest BCUT2D eigenvalue weighted by atomic mass is 10.1. The summed E-state index contributed by atoms with van der Waals surface area (Å²) >= 11 is 0. The number of guanidine groups is 1. The highest BCUT2D eigenvalue weighted by molar-refractivity contribution is 5.97. The number of benzene rings is 1. The Morgan fingerprint density at radius 1 is 1.24 bits per heavy atom. The SMILES string of the molecule is NCC(=O)N[C@@H](CCCN=C(N)N)C(=O)Nc1ccc([N+](=O)[O-])cc1. The predicted octanol–water partition coefficient (Wildman–Crippen LogP) is -0.970. The number of carbonyl (C=O) groups is 2. The first-order valence-corrected chi connectivity index (χ1v) is 7.43. The van der Waals surface area contributed by atoms with E-state index >= 15 is 0 Å². The molecule has 2 amide bonds. The van der Waals surface area contributed by atoms with Gasteiger partial charge in [0, 0.05) is 24.4 Å². The van der Waals surface area contributed by atoms with E-state index < -0.39 is 22.8 Å². The van der Waals surface area contributed by atoms with Crippen LogP contribution in [0.5, 0.6) is 0 Å². The average Bonchev–Trinajstić information content (AvgIpc) is 2.57. The average molecular weight is 351 g/mol. The summed E-state index contributed by atoms with van der Waals surface area (Å²) in [5.74, 6) is -1.01. The molecule has 0 heterocycles. The Hall–Kier alpha value is -3.21. The number of nitrogens with two attached hydrogens (primary N) is 3. The zero-order chi connectivity index (χ0) is 18.8. The van der Waals surface area contributed by atoms with Gasteiger partial charge in [0.1, 0.15) is 6.04 Å². The first kappa shape index (κ1) is 19.8. The summed E-state index contributed by atoms with van der Waals surface area (Å²) in [6.45, 7) is 0.0529. The fraction of sp³-hybridized carbons (Fsp3) is 0.357. The van der Waals surface area contributed by atoms with Crippen molar-refractivity contribution in [2.75, 3.05) is 18.4 Å². The van der Waals surface area contributed by atoms with Gasteiger partial charge in [-0.1, -0.05) is 0 Å². The maximum absolute atomic E-state index is 12.3. The van der Waals surface area contributed by atoms with E-state index in [2.05, 4.69) is 15.6 Å². The molecule has 136 valence electrons. The molecule has 8 N–H and O–H groups in total. The standard InChI is InChI=1S/C14H21N7O4/c15-8-12(22)20-11(2-1-7-18-14(16)17)13(23)19-9-3-5-10(6-4-9)21(24)25/h3-6,11H,1-2,7-8,15H2,(H,19,23)(H,20,22)(H4,16,17,18)/t11-/m0/s1. The minimum absolute atomic E-state index is 0.0575. The van der Waals surface area contributed by atoms with Crippen LogP contribution >= 0.6 is 0 Å². The minimum atomic E-state index is -0.833. The van der Waals surface area contributed by atoms with Gasteiger partial charge >= 0.3 is 0 Å². The van der Waals surface area contributed by atoms with Crippen LogP contribution in [0.2, 0.25) is 0 Å². The summed E-state index contributed by atoms with van der Waals surface area (Å²) < 4.78 is 0. The van der Waals surface area contributed by atoms with Crippen molar-refractivity contribution in [2.45, 2.75) is 18.9 Å². The molecule has 25 heavy (non-hydrogen) atoms. The van der Waals surface area contributed by atoms with Gasteiger partial charge in [0.2, 0.25) is 11.8 Å². The van der Waals surface area contributed by atoms with Crippen LogP contribution in [-0.2, 0) is 9.59 Å². The van der Waals surface area contributed by atoms with Gasteiger partial charge in [0.05, 0.1) is 11.5 Å². The number of non-ortho nitro benzene ring substituents is 1. The molecule has 0 unspecified atom stereocenters. The molecular weight excluding hydrogens is 330 g/mol. The van der Waals surface area contributed by atoms with Crippen LogP contribution in [0.4, 0.5) is 11.4 Å². The van der Waals surface area contributed by atoms with Gasteiger partial charge in [-0.05, 0) is 25.0 Å². The van der Waals surface area contributed by atoms with E-state index in [1.807, 2.05) is 0 Å². The molecule has 0 bridgehead atoms. The Morgan fingerprint density at radius 3 is 2.40 bits per heavy atom. The van der Waals surface area contributed by atoms with E-state index in [-0.39, 0.29) is 18.2 Å². The summed E-state index contributed by atoms with van der Waals surface area (Å²) in [5, 5.41) is 15.7. The summed E-state index contributed by atoms with van der Waals surface area (Å²) in [6, 6.07) is 4.50. The molecule has 0 aliphatic carbocycles. The van der Waals surface area contributed by atoms with Gasteiger partial charge < -0.3 is 27.8 Å². The number of hydrogen-bond acceptors (Lipinski definition) is 6. The highest BCUT2D eigenvalue weighted by Gasteiger charge is 2.20. The number of amides is 2. The van der Waals surface area contributed by atoms with Gasteiger partial charge in [-0.3, -0.25) is 24.7 Å². The fourth-order valence-electron chi connectivity index (χ4n) is 1.92. The van der Waals surface area contributed by atoms with Gasteiger partial charge in [-0.2, -0.15) is 0 Å². The molecule has 0 spiro atoms. The van der Waals surface area contributed by atoms with Gasteiger partial charge in [-0.15, -0.1) is 0 Å². The highest BCUT2D eigenvalue weighted by Crippen LogP contribution is 2.16. The first-order valence-electron chi connectivity index (χ1n) is 7.43. The Labute approximate surface area is 143 Å². The molecule has 1 atom stereocenters. The summed E-state index contributed by atoms with van der Waals surface area (Å²) in [7, 11) is 0. The van der Waals surface area contributed by atoms with Gasteiger partial charge in [0.15, 0.2) is 5.96 Å². The highest BCUT2D eigenvalue weighted by atomic mass is 16.6. The van der Waals surface area contributed by atoms with E-state index in [0.717, 1.165) is 0 Å². The zero-order valence-electron chi connectivity index (χ0n) is 13.5. The number of hydrogen-bond donors (Lipinski definition) is 5. The molecule has 0 saturated heterocycles. The second-order valence-electron chi connectivity index (χ2n) is 5.07. The van der Waals surface area contributed by atoms with Crippen LogP contribution in [0.25, 0.3) is 0 Å². The molecule has 0 radical (unpaired) electrons. The van der Waals surface area contributed by atoms with Crippen molar-refractivity contribution in [3.63, 3.8) is 0 Å². The van der Waals surface area contributed by atoms with E-state index in [0.29, 0.717) is 25.1 Å². The maximum atomic E-state index is 12.3. The van der Waals surface area contributed by atoms with E-state index in [9.17, 15) is 19.7 Å². The maximum Gasteiger partial charge on any atom is 0.269 e. The smallest absolute Gasteiger partial charge is 0.269 e. The normalized spacial score (nSPS) is 11.2. The van der Waals surface area contributed by atoms with E-state index in [4.69, 9.17) is 17.2 Å². The fourth-order valence-corrected chi connectivity index (χ4v) is 1.92. The van der Waals surface area contributed by atoms with Gasteiger partial charge in [0.25, 0.3) is 5.69 Å². The molecule has 0 aliphatic rings. The Balaban J connectivity index is 2.71. The molecule has 0 fully saturated rings. The summed E-state index contributed by atoms with van der Waals surface area (Å²) in [4.78, 5) is 37.7. The number of aliphatic imine (C=N–C) groups is 1. The van der Waals surface area contributed by atoms with Crippen LogP contribution in [-0.4, -0.2) is 41.8 Å². The number of carbonyl (C=O) groups excluding carboxylic acids is 2. The summed E-state index contributed by atoms with van der Waals surface area (Å²) in [6.07, 6.45) is 0.752. The Kier molecular flexibility index (Phi) is 7.79. The zero-order valence-corrected chi connectivity index (χ0v) is 13.5. The predicted molar refractivity (Wildman–Crippen MR) is 92.6 cm³/mol. The monoisotopic (exact) mass is 351 g/mol. The number of anilines is 1. The van der Waals surface area contributed by atoms with Crippen LogP contribution in [0.1, 0.15) is 12.8 Å². The third-order valence-electron chi connectivity index (χ3n) is 3.13. The van der Waals surface area contributed by atoms with Crippen molar-refractivity contribution >= 4 is 29.1 Å². The quantitative estimate of drug-likeness (QED) is 0.124. The largest absolute Gasteiger partial charge is 0.370 e. The molecule has 0 aliphatic heterocycles. The second-order valence-corrected chi connectivity index (χ2v) is 5.07. The van der Waals surface area contributed by atoms with E-state index in [1.54, 1.807) is 0 Å². The second kappa shape index (κ2) is 9.82. The van der Waals surface area contributed by atoms with E-state index in [1.165, 1.54) is 24.3 Å². The van der Waals surface area contributed by atoms with Crippen molar-refractivity contribution in [2.24, 2.45) is 22.2 Å². The molecule has 11 nitrogen and oxygen atoms in total. The molecular formula is C14H21N7O4. The molecule has 1 rings (SSSR count). The lowest BCUT2D eigenvalue weighted by Crippen LogP contribution is -2.46. The molecule has 1 aromatic rings. The lowest BCUT2D eigenvalue weighted by molar-refractivity contribution is -0.384. The van der Waals surface area contributed by atoms with Crippen molar-refractivity contribution in [1.82, 2.24) is 5.32 Å². The Bertz CT molecular complexity index is 641. The summed E-state index contributed by atoms with van der Waals surface area (Å²) in [5.41, 5.74) is 16.0. The molecule has 0 aromatic heterocycles. The number of nitro groups is 1. The Morgan fingerprint density at radius 2 is 1.88 bits per heavy atom. The lowest BCUT2D eigenvalue weighted by Gasteiger charge is -2.18. The third-order valence-corrected chi connectivity index (χ3v) is 3.13. The van der Waals surface area contributed by atoms with Crippen LogP contribution < -0.4 is 27.8 Å². The molecule has 11 heteroatoms. The van der Waals surface area contributed by atoms with Crippen molar-refractivity contribution in [3.05, 3.63) is 34.4 Å². The molecule has 0 saturated carbocycles. The van der Waals surface area contributed by atoms with Crippen molar-refractivity contribution in [1.29, 1.82) is 0 Å². The van der Waals surface area contributed by atoms with Gasteiger partial charge in [-0.25, -0.2) is 0 Å². The molecule has 1 aromatic carbocycles.